The zero-order chi connectivity index (χ0) is 31.1. The molecule has 1 saturated heterocycles. The Morgan fingerprint density at radius 2 is 1.60 bits per heavy atom. The van der Waals surface area contributed by atoms with Gasteiger partial charge in [-0.25, -0.2) is 17.5 Å². The van der Waals surface area contributed by atoms with Gasteiger partial charge < -0.3 is 9.88 Å². The van der Waals surface area contributed by atoms with Crippen molar-refractivity contribution in [2.45, 2.75) is 36.5 Å². The molecule has 0 aliphatic carbocycles. The van der Waals surface area contributed by atoms with E-state index < -0.39 is 10.0 Å². The highest BCUT2D eigenvalue weighted by molar-refractivity contribution is 7.89. The van der Waals surface area contributed by atoms with E-state index >= 15 is 0 Å². The lowest BCUT2D eigenvalue weighted by molar-refractivity contribution is 0.180. The molecule has 0 saturated carbocycles. The van der Waals surface area contributed by atoms with E-state index in [2.05, 4.69) is 39.0 Å². The number of nitrogens with one attached hydrogen (secondary N) is 1. The van der Waals surface area contributed by atoms with Crippen molar-refractivity contribution in [3.8, 4) is 0 Å². The third kappa shape index (κ3) is 5.61. The fourth-order valence-electron chi connectivity index (χ4n) is 6.42. The van der Waals surface area contributed by atoms with E-state index in [0.29, 0.717) is 0 Å². The van der Waals surface area contributed by atoms with Gasteiger partial charge in [0.1, 0.15) is 0 Å². The second kappa shape index (κ2) is 11.8. The van der Waals surface area contributed by atoms with Crippen molar-refractivity contribution < 1.29 is 8.42 Å². The number of sulfonamides is 1. The monoisotopic (exact) mass is 620 g/mol. The number of piperidine rings is 1. The van der Waals surface area contributed by atoms with Crippen molar-refractivity contribution in [1.82, 2.24) is 18.8 Å². The Balaban J connectivity index is 1.10. The molecule has 0 amide bonds. The van der Waals surface area contributed by atoms with Gasteiger partial charge in [-0.1, -0.05) is 54.6 Å². The van der Waals surface area contributed by atoms with Crippen molar-refractivity contribution >= 4 is 32.9 Å². The van der Waals surface area contributed by atoms with Gasteiger partial charge in [0.2, 0.25) is 10.0 Å². The molecule has 0 spiro atoms. The molecule has 1 fully saturated rings. The topological polar surface area (TPSA) is 94.0 Å². The highest BCUT2D eigenvalue weighted by atomic mass is 32.2. The molecule has 0 radical (unpaired) electrons. The van der Waals surface area contributed by atoms with Gasteiger partial charge >= 0.3 is 5.69 Å². The van der Waals surface area contributed by atoms with Crippen LogP contribution >= 0.6 is 0 Å². The van der Waals surface area contributed by atoms with Crippen molar-refractivity contribution in [1.29, 1.82) is 0 Å². The van der Waals surface area contributed by atoms with Crippen LogP contribution in [0, 0.1) is 0 Å². The molecule has 9 nitrogen and oxygen atoms in total. The summed E-state index contributed by atoms with van der Waals surface area (Å²) in [7, 11) is -0.496. The molecule has 7 rings (SSSR count). The first-order valence-corrected chi connectivity index (χ1v) is 16.7. The Morgan fingerprint density at radius 1 is 0.889 bits per heavy atom. The second-order valence-electron chi connectivity index (χ2n) is 11.9. The predicted molar refractivity (Wildman–Crippen MR) is 177 cm³/mol. The quantitative estimate of drug-likeness (QED) is 0.297. The Morgan fingerprint density at radius 3 is 2.33 bits per heavy atom. The van der Waals surface area contributed by atoms with Gasteiger partial charge in [0.15, 0.2) is 6.17 Å². The lowest BCUT2D eigenvalue weighted by atomic mass is 10.0. The minimum atomic E-state index is -3.57. The van der Waals surface area contributed by atoms with E-state index in [0.717, 1.165) is 65.3 Å². The number of anilines is 1. The number of rotatable bonds is 7. The van der Waals surface area contributed by atoms with Crippen LogP contribution in [0.15, 0.2) is 112 Å². The average molecular weight is 621 g/mol. The van der Waals surface area contributed by atoms with E-state index in [4.69, 9.17) is 4.99 Å². The van der Waals surface area contributed by atoms with Gasteiger partial charge in [0, 0.05) is 56.9 Å². The summed E-state index contributed by atoms with van der Waals surface area (Å²) in [6.07, 6.45) is 3.56. The minimum Gasteiger partial charge on any atom is -0.321 e. The number of para-hydroxylation sites is 3. The van der Waals surface area contributed by atoms with Crippen LogP contribution in [0.5, 0.6) is 0 Å². The number of benzene rings is 4. The molecule has 1 atom stereocenters. The smallest absolute Gasteiger partial charge is 0.321 e. The summed E-state index contributed by atoms with van der Waals surface area (Å²) in [5.41, 5.74) is 5.09. The van der Waals surface area contributed by atoms with Gasteiger partial charge in [-0.05, 0) is 66.4 Å². The Kier molecular flexibility index (Phi) is 7.64. The number of nitrogens with zero attached hydrogens (tertiary/aromatic N) is 5. The Hall–Kier alpha value is -4.51. The first-order chi connectivity index (χ1) is 21.8. The molecule has 2 aliphatic heterocycles. The maximum Gasteiger partial charge on any atom is 0.326 e. The van der Waals surface area contributed by atoms with Crippen LogP contribution in [0.25, 0.3) is 17.2 Å². The van der Waals surface area contributed by atoms with E-state index in [9.17, 15) is 13.2 Å². The third-order valence-corrected chi connectivity index (χ3v) is 10.7. The van der Waals surface area contributed by atoms with Crippen LogP contribution in [0.4, 0.5) is 5.69 Å². The number of imidazole rings is 1. The molecule has 0 bridgehead atoms. The van der Waals surface area contributed by atoms with Crippen molar-refractivity contribution in [3.63, 3.8) is 0 Å². The summed E-state index contributed by atoms with van der Waals surface area (Å²) < 4.78 is 28.8. The van der Waals surface area contributed by atoms with Gasteiger partial charge in [0.05, 0.1) is 21.3 Å². The maximum absolute atomic E-state index is 12.8. The second-order valence-corrected chi connectivity index (χ2v) is 14.1. The standard InChI is InChI=1S/C35H36N6O3S/c1-38(2)45(43,44)30-16-17-31-27(22-30)24-40(28-8-4-3-5-9-28)34(36-31)26-14-12-25(13-15-26)23-39-20-18-29(19-21-39)41-33-11-7-6-10-32(33)37-35(41)42/h3-17,22,24,29,34H,18-21,23H2,1-2H3,(H,37,42). The van der Waals surface area contributed by atoms with Gasteiger partial charge in [-0.2, -0.15) is 0 Å². The van der Waals surface area contributed by atoms with Gasteiger partial charge in [-0.3, -0.25) is 14.5 Å². The number of likely N-dealkylation sites (tertiary alicyclic amines) is 1. The largest absolute Gasteiger partial charge is 0.326 e. The molecule has 1 N–H and O–H groups in total. The van der Waals surface area contributed by atoms with E-state index in [1.165, 1.54) is 24.0 Å². The molecular weight excluding hydrogens is 584 g/mol. The van der Waals surface area contributed by atoms with Gasteiger partial charge in [0.25, 0.3) is 0 Å². The van der Waals surface area contributed by atoms with Crippen molar-refractivity contribution in [2.24, 2.45) is 4.99 Å². The van der Waals surface area contributed by atoms with Crippen LogP contribution in [0.2, 0.25) is 0 Å². The zero-order valence-electron chi connectivity index (χ0n) is 25.4. The number of aromatic amines is 1. The van der Waals surface area contributed by atoms with E-state index in [1.807, 2.05) is 65.4 Å². The fourth-order valence-corrected chi connectivity index (χ4v) is 7.35. The van der Waals surface area contributed by atoms with E-state index in [1.54, 1.807) is 18.2 Å². The third-order valence-electron chi connectivity index (χ3n) is 8.87. The summed E-state index contributed by atoms with van der Waals surface area (Å²) in [4.78, 5) is 25.6. The molecule has 5 aromatic rings. The van der Waals surface area contributed by atoms with Crippen molar-refractivity contribution in [2.75, 3.05) is 32.1 Å². The van der Waals surface area contributed by atoms with Crippen LogP contribution in [-0.4, -0.2) is 54.4 Å². The number of hydrogen-bond donors (Lipinski definition) is 1. The highest BCUT2D eigenvalue weighted by Crippen LogP contribution is 2.31. The van der Waals surface area contributed by atoms with Crippen LogP contribution < -0.4 is 21.2 Å². The molecule has 2 aliphatic rings. The number of fused-ring (bicyclic) bond motifs is 2. The van der Waals surface area contributed by atoms with Crippen LogP contribution in [-0.2, 0) is 16.6 Å². The minimum absolute atomic E-state index is 0.0261. The normalized spacial score (nSPS) is 17.7. The molecule has 230 valence electrons. The van der Waals surface area contributed by atoms with Gasteiger partial charge in [-0.15, -0.1) is 0 Å². The highest BCUT2D eigenvalue weighted by Gasteiger charge is 2.25. The first-order valence-electron chi connectivity index (χ1n) is 15.2. The molecule has 1 aromatic heterocycles. The summed E-state index contributed by atoms with van der Waals surface area (Å²) in [5.74, 6) is 0. The van der Waals surface area contributed by atoms with Crippen LogP contribution in [0.1, 0.15) is 36.2 Å². The van der Waals surface area contributed by atoms with E-state index in [-0.39, 0.29) is 22.8 Å². The number of hydrogen-bond acceptors (Lipinski definition) is 6. The molecule has 3 heterocycles. The fraction of sp³-hybridized carbons (Fsp3) is 0.257. The molecule has 1 unspecified atom stereocenters. The first kappa shape index (κ1) is 29.2. The molecular formula is C35H36N6O3S. The maximum atomic E-state index is 12.8. The molecule has 10 heteroatoms. The summed E-state index contributed by atoms with van der Waals surface area (Å²) in [6.45, 7) is 2.70. The Bertz CT molecular complexity index is 2130. The number of H-pyrrole nitrogens is 1. The van der Waals surface area contributed by atoms with Crippen LogP contribution in [0.3, 0.4) is 0 Å². The zero-order valence-corrected chi connectivity index (χ0v) is 26.2. The molecule has 4 aromatic carbocycles. The Labute approximate surface area is 262 Å². The summed E-state index contributed by atoms with van der Waals surface area (Å²) in [6, 6.07) is 31.9. The lowest BCUT2D eigenvalue weighted by Crippen LogP contribution is -2.39. The van der Waals surface area contributed by atoms with Crippen molar-refractivity contribution in [3.05, 3.63) is 129 Å². The summed E-state index contributed by atoms with van der Waals surface area (Å²) in [5, 5.41) is 1.51. The SMILES string of the molecule is CN(C)S(=O)(=O)c1ccc2c(c1)=CN(c1ccccc1)C(c1ccc(CN3CCC(n4c(=O)[nH]c5ccccc54)CC3)cc1)N=2. The summed E-state index contributed by atoms with van der Waals surface area (Å²) >= 11 is 0. The lowest BCUT2D eigenvalue weighted by Gasteiger charge is -2.33. The number of aromatic nitrogens is 2. The predicted octanol–water partition coefficient (Wildman–Crippen LogP) is 3.99. The molecule has 45 heavy (non-hydrogen) atoms. The average Bonchev–Trinajstić information content (AvgIpc) is 3.40.